The molecule has 5 heteroatoms. The minimum atomic E-state index is -1.01. The Morgan fingerprint density at radius 1 is 0.889 bits per heavy atom. The summed E-state index contributed by atoms with van der Waals surface area (Å²) in [6.07, 6.45) is 0. The minimum absolute atomic E-state index is 0.164. The second kappa shape index (κ2) is 5.30. The molecule has 0 spiro atoms. The summed E-state index contributed by atoms with van der Waals surface area (Å²) in [5.41, 5.74) is 1.45. The summed E-state index contributed by atoms with van der Waals surface area (Å²) in [5.74, 6) is -1.01. The van der Waals surface area contributed by atoms with E-state index in [1.807, 2.05) is 6.07 Å². The number of hydrogen-bond acceptors (Lipinski definition) is 4. The molecule has 0 saturated carbocycles. The van der Waals surface area contributed by atoms with E-state index in [-0.39, 0.29) is 5.56 Å². The fraction of sp³-hybridized carbons (Fsp3) is 0. The van der Waals surface area contributed by atoms with Crippen molar-refractivity contribution in [3.05, 3.63) is 42.0 Å². The Labute approximate surface area is 121 Å². The average molecular weight is 294 g/mol. The van der Waals surface area contributed by atoms with E-state index in [4.69, 9.17) is 0 Å². The van der Waals surface area contributed by atoms with Crippen molar-refractivity contribution in [2.75, 3.05) is 0 Å². The third-order valence-electron chi connectivity index (χ3n) is 2.55. The van der Waals surface area contributed by atoms with Crippen LogP contribution >= 0.6 is 37.9 Å². The van der Waals surface area contributed by atoms with Crippen LogP contribution in [-0.2, 0) is 0 Å². The number of aromatic carboxylic acids is 1. The zero-order valence-electron chi connectivity index (χ0n) is 9.16. The van der Waals surface area contributed by atoms with Gasteiger partial charge in [-0.05, 0) is 23.8 Å². The molecule has 0 atom stereocenters. The molecule has 0 bridgehead atoms. The molecule has 2 aromatic rings. The van der Waals surface area contributed by atoms with Crippen molar-refractivity contribution in [2.24, 2.45) is 0 Å². The van der Waals surface area contributed by atoms with Gasteiger partial charge in [-0.1, -0.05) is 18.2 Å². The van der Waals surface area contributed by atoms with E-state index in [1.54, 1.807) is 30.3 Å². The van der Waals surface area contributed by atoms with Gasteiger partial charge in [0.15, 0.2) is 0 Å². The molecule has 18 heavy (non-hydrogen) atoms. The van der Waals surface area contributed by atoms with E-state index in [2.05, 4.69) is 37.9 Å². The Bertz CT molecular complexity index is 603. The molecule has 2 aromatic carbocycles. The van der Waals surface area contributed by atoms with Crippen LogP contribution in [0.4, 0.5) is 0 Å². The summed E-state index contributed by atoms with van der Waals surface area (Å²) in [6, 6.07) is 10.6. The van der Waals surface area contributed by atoms with Crippen molar-refractivity contribution in [3.8, 4) is 11.1 Å². The highest BCUT2D eigenvalue weighted by Gasteiger charge is 2.17. The van der Waals surface area contributed by atoms with E-state index in [1.165, 1.54) is 0 Å². The quantitative estimate of drug-likeness (QED) is 0.634. The van der Waals surface area contributed by atoms with Crippen molar-refractivity contribution in [1.82, 2.24) is 0 Å². The zero-order chi connectivity index (χ0) is 13.3. The molecule has 0 aliphatic heterocycles. The molecule has 0 saturated heterocycles. The summed E-state index contributed by atoms with van der Waals surface area (Å²) in [7, 11) is 0. The summed E-state index contributed by atoms with van der Waals surface area (Å²) >= 11 is 12.9. The first-order chi connectivity index (χ1) is 8.52. The molecule has 0 aliphatic carbocycles. The molecule has 2 nitrogen and oxygen atoms in total. The maximum atomic E-state index is 11.3. The van der Waals surface area contributed by atoms with Gasteiger partial charge in [0.25, 0.3) is 0 Å². The Morgan fingerprint density at radius 2 is 1.39 bits per heavy atom. The van der Waals surface area contributed by atoms with E-state index in [9.17, 15) is 9.90 Å². The molecule has 0 radical (unpaired) electrons. The number of hydrogen-bond donors (Lipinski definition) is 4. The predicted octanol–water partition coefficient (Wildman–Crippen LogP) is 3.92. The van der Waals surface area contributed by atoms with Crippen LogP contribution in [0.25, 0.3) is 11.1 Å². The molecule has 0 aromatic heterocycles. The highest BCUT2D eigenvalue weighted by Crippen LogP contribution is 2.36. The van der Waals surface area contributed by atoms with Crippen molar-refractivity contribution in [2.45, 2.75) is 14.7 Å². The number of carboxylic acid groups (broad SMARTS) is 1. The monoisotopic (exact) mass is 294 g/mol. The third kappa shape index (κ3) is 2.39. The van der Waals surface area contributed by atoms with Gasteiger partial charge in [-0.3, -0.25) is 0 Å². The van der Waals surface area contributed by atoms with Crippen LogP contribution in [0.5, 0.6) is 0 Å². The Morgan fingerprint density at radius 3 is 1.94 bits per heavy atom. The number of carboxylic acids is 1. The highest BCUT2D eigenvalue weighted by molar-refractivity contribution is 7.81. The van der Waals surface area contributed by atoms with Crippen molar-refractivity contribution >= 4 is 43.9 Å². The van der Waals surface area contributed by atoms with Crippen LogP contribution in [0.15, 0.2) is 51.1 Å². The first kappa shape index (κ1) is 13.4. The largest absolute Gasteiger partial charge is 0.478 e. The fourth-order valence-electron chi connectivity index (χ4n) is 1.78. The van der Waals surface area contributed by atoms with Gasteiger partial charge in [-0.25, -0.2) is 4.79 Å². The Balaban J connectivity index is 2.80. The second-order valence-electron chi connectivity index (χ2n) is 3.68. The molecule has 92 valence electrons. The van der Waals surface area contributed by atoms with Crippen LogP contribution < -0.4 is 0 Å². The van der Waals surface area contributed by atoms with Gasteiger partial charge in [0.05, 0.1) is 5.56 Å². The number of benzene rings is 2. The van der Waals surface area contributed by atoms with Gasteiger partial charge >= 0.3 is 5.97 Å². The molecule has 0 fully saturated rings. The molecular weight excluding hydrogens is 284 g/mol. The maximum absolute atomic E-state index is 11.3. The molecule has 1 N–H and O–H groups in total. The zero-order valence-corrected chi connectivity index (χ0v) is 11.8. The molecular formula is C13H10O2S3. The van der Waals surface area contributed by atoms with Crippen LogP contribution in [0.2, 0.25) is 0 Å². The molecule has 0 amide bonds. The van der Waals surface area contributed by atoms with Gasteiger partial charge in [-0.15, -0.1) is 37.9 Å². The van der Waals surface area contributed by atoms with Crippen LogP contribution in [0.1, 0.15) is 10.4 Å². The Kier molecular flexibility index (Phi) is 3.94. The van der Waals surface area contributed by atoms with E-state index in [0.717, 1.165) is 0 Å². The van der Waals surface area contributed by atoms with Gasteiger partial charge in [0, 0.05) is 20.2 Å². The molecule has 2 rings (SSSR count). The van der Waals surface area contributed by atoms with Gasteiger partial charge in [-0.2, -0.15) is 0 Å². The van der Waals surface area contributed by atoms with Gasteiger partial charge in [0.1, 0.15) is 0 Å². The van der Waals surface area contributed by atoms with Gasteiger partial charge in [0.2, 0.25) is 0 Å². The Hall–Kier alpha value is -1.04. The maximum Gasteiger partial charge on any atom is 0.337 e. The first-order valence-corrected chi connectivity index (χ1v) is 6.43. The number of thiol groups is 3. The lowest BCUT2D eigenvalue weighted by Gasteiger charge is -2.12. The topological polar surface area (TPSA) is 37.3 Å². The predicted molar refractivity (Wildman–Crippen MR) is 80.6 cm³/mol. The molecule has 0 aliphatic rings. The fourth-order valence-corrected chi connectivity index (χ4v) is 2.82. The standard InChI is InChI=1S/C13H10O2S3/c14-13(15)12-7(3-1-4-10(12)18)11-8(16)5-2-6-9(11)17/h1-6,16-18H,(H,14,15). The third-order valence-corrected chi connectivity index (χ3v) is 3.66. The first-order valence-electron chi connectivity index (χ1n) is 5.09. The lowest BCUT2D eigenvalue weighted by molar-refractivity contribution is 0.0694. The van der Waals surface area contributed by atoms with Crippen molar-refractivity contribution in [3.63, 3.8) is 0 Å². The van der Waals surface area contributed by atoms with Gasteiger partial charge < -0.3 is 5.11 Å². The number of rotatable bonds is 2. The lowest BCUT2D eigenvalue weighted by atomic mass is 9.99. The van der Waals surface area contributed by atoms with Crippen LogP contribution in [0.3, 0.4) is 0 Å². The highest BCUT2D eigenvalue weighted by atomic mass is 32.1. The van der Waals surface area contributed by atoms with E-state index < -0.39 is 5.97 Å². The average Bonchev–Trinajstić information content (AvgIpc) is 2.28. The summed E-state index contributed by atoms with van der Waals surface area (Å²) in [5, 5.41) is 9.29. The number of carbonyl (C=O) groups is 1. The van der Waals surface area contributed by atoms with Crippen molar-refractivity contribution < 1.29 is 9.90 Å². The molecule has 0 heterocycles. The van der Waals surface area contributed by atoms with E-state index in [0.29, 0.717) is 25.8 Å². The smallest absolute Gasteiger partial charge is 0.337 e. The van der Waals surface area contributed by atoms with Crippen molar-refractivity contribution in [1.29, 1.82) is 0 Å². The normalized spacial score (nSPS) is 10.4. The van der Waals surface area contributed by atoms with E-state index >= 15 is 0 Å². The molecule has 0 unspecified atom stereocenters. The summed E-state index contributed by atoms with van der Waals surface area (Å²) in [4.78, 5) is 13.1. The lowest BCUT2D eigenvalue weighted by Crippen LogP contribution is -2.02. The minimum Gasteiger partial charge on any atom is -0.478 e. The SMILES string of the molecule is O=C(O)c1c(S)cccc1-c1c(S)cccc1S. The van der Waals surface area contributed by atoms with Crippen LogP contribution in [-0.4, -0.2) is 11.1 Å². The summed E-state index contributed by atoms with van der Waals surface area (Å²) in [6.45, 7) is 0. The van der Waals surface area contributed by atoms with Crippen LogP contribution in [0, 0.1) is 0 Å². The summed E-state index contributed by atoms with van der Waals surface area (Å²) < 4.78 is 0. The second-order valence-corrected chi connectivity index (χ2v) is 5.12.